The number of aliphatic hydroxyl groups excluding tert-OH is 1. The fourth-order valence-corrected chi connectivity index (χ4v) is 1.54. The summed E-state index contributed by atoms with van der Waals surface area (Å²) >= 11 is 0. The van der Waals surface area contributed by atoms with Crippen LogP contribution < -0.4 is 5.73 Å². The average molecular weight is 225 g/mol. The monoisotopic (exact) mass is 224 g/mol. The van der Waals surface area contributed by atoms with Gasteiger partial charge in [0.1, 0.15) is 0 Å². The van der Waals surface area contributed by atoms with Crippen molar-refractivity contribution in [1.82, 2.24) is 4.98 Å². The molecule has 0 spiro atoms. The molecule has 0 fully saturated rings. The number of rotatable bonds is 2. The highest BCUT2D eigenvalue weighted by Crippen LogP contribution is 2.20. The number of benzene rings is 1. The van der Waals surface area contributed by atoms with E-state index in [1.54, 1.807) is 6.20 Å². The number of fused-ring (bicyclic) bond motifs is 1. The fraction of sp³-hybridized carbons (Fsp3) is 0.182. The van der Waals surface area contributed by atoms with Gasteiger partial charge in [0.2, 0.25) is 0 Å². The summed E-state index contributed by atoms with van der Waals surface area (Å²) in [6, 6.07) is 9.29. The van der Waals surface area contributed by atoms with Gasteiger partial charge in [0.25, 0.3) is 0 Å². The lowest BCUT2D eigenvalue weighted by molar-refractivity contribution is 0.268. The topological polar surface area (TPSA) is 59.1 Å². The minimum absolute atomic E-state index is 0. The number of aliphatic hydroxyl groups is 1. The third-order valence-electron chi connectivity index (χ3n) is 2.28. The van der Waals surface area contributed by atoms with Crippen molar-refractivity contribution in [3.63, 3.8) is 0 Å². The lowest BCUT2D eigenvalue weighted by Gasteiger charge is -2.10. The molecule has 4 heteroatoms. The third kappa shape index (κ3) is 2.26. The van der Waals surface area contributed by atoms with Crippen molar-refractivity contribution in [3.05, 3.63) is 42.1 Å². The molecule has 0 unspecified atom stereocenters. The molecule has 0 amide bonds. The summed E-state index contributed by atoms with van der Waals surface area (Å²) < 4.78 is 0. The summed E-state index contributed by atoms with van der Waals surface area (Å²) in [5.74, 6) is 0. The SMILES string of the molecule is Cl.N[C@H](CO)c1ccnc2ccccc12. The lowest BCUT2D eigenvalue weighted by Crippen LogP contribution is -2.14. The van der Waals surface area contributed by atoms with Crippen molar-refractivity contribution in [1.29, 1.82) is 0 Å². The number of nitrogens with zero attached hydrogens (tertiary/aromatic N) is 1. The summed E-state index contributed by atoms with van der Waals surface area (Å²) in [7, 11) is 0. The molecule has 1 aromatic heterocycles. The van der Waals surface area contributed by atoms with Crippen LogP contribution in [0.1, 0.15) is 11.6 Å². The fourth-order valence-electron chi connectivity index (χ4n) is 1.54. The summed E-state index contributed by atoms with van der Waals surface area (Å²) in [6.07, 6.45) is 1.72. The Labute approximate surface area is 94.3 Å². The summed E-state index contributed by atoms with van der Waals surface area (Å²) in [5, 5.41) is 10.0. The van der Waals surface area contributed by atoms with Gasteiger partial charge in [-0.1, -0.05) is 18.2 Å². The highest BCUT2D eigenvalue weighted by Gasteiger charge is 2.07. The summed E-state index contributed by atoms with van der Waals surface area (Å²) in [6.45, 7) is -0.0476. The van der Waals surface area contributed by atoms with Crippen LogP contribution in [-0.4, -0.2) is 16.7 Å². The maximum atomic E-state index is 9.00. The number of pyridine rings is 1. The Bertz CT molecular complexity index is 442. The van der Waals surface area contributed by atoms with E-state index in [0.717, 1.165) is 16.5 Å². The van der Waals surface area contributed by atoms with Crippen molar-refractivity contribution in [2.45, 2.75) is 6.04 Å². The van der Waals surface area contributed by atoms with Crippen LogP contribution in [0.5, 0.6) is 0 Å². The molecule has 1 heterocycles. The quantitative estimate of drug-likeness (QED) is 0.816. The molecule has 0 aliphatic rings. The molecule has 1 atom stereocenters. The summed E-state index contributed by atoms with van der Waals surface area (Å²) in [5.41, 5.74) is 7.64. The van der Waals surface area contributed by atoms with Gasteiger partial charge in [0.05, 0.1) is 18.2 Å². The van der Waals surface area contributed by atoms with E-state index in [4.69, 9.17) is 10.8 Å². The number of hydrogen-bond donors (Lipinski definition) is 2. The van der Waals surface area contributed by atoms with E-state index >= 15 is 0 Å². The third-order valence-corrected chi connectivity index (χ3v) is 2.28. The van der Waals surface area contributed by atoms with Crippen LogP contribution >= 0.6 is 12.4 Å². The molecular weight excluding hydrogens is 212 g/mol. The van der Waals surface area contributed by atoms with Crippen molar-refractivity contribution >= 4 is 23.3 Å². The van der Waals surface area contributed by atoms with Gasteiger partial charge in [-0.3, -0.25) is 4.98 Å². The first-order chi connectivity index (χ1) is 6.83. The van der Waals surface area contributed by atoms with E-state index in [9.17, 15) is 0 Å². The van der Waals surface area contributed by atoms with Crippen LogP contribution in [0.25, 0.3) is 10.9 Å². The van der Waals surface area contributed by atoms with E-state index < -0.39 is 0 Å². The van der Waals surface area contributed by atoms with Crippen LogP contribution in [0, 0.1) is 0 Å². The highest BCUT2D eigenvalue weighted by molar-refractivity contribution is 5.85. The number of hydrogen-bond acceptors (Lipinski definition) is 3. The molecule has 0 saturated heterocycles. The Morgan fingerprint density at radius 3 is 2.73 bits per heavy atom. The second-order valence-corrected chi connectivity index (χ2v) is 3.21. The van der Waals surface area contributed by atoms with E-state index in [-0.39, 0.29) is 25.1 Å². The number of nitrogens with two attached hydrogens (primary N) is 1. The van der Waals surface area contributed by atoms with Gasteiger partial charge in [-0.2, -0.15) is 0 Å². The molecular formula is C11H13ClN2O. The molecule has 1 aromatic carbocycles. The van der Waals surface area contributed by atoms with Crippen LogP contribution in [0.15, 0.2) is 36.5 Å². The van der Waals surface area contributed by atoms with Gasteiger partial charge in [0.15, 0.2) is 0 Å². The second kappa shape index (κ2) is 5.07. The molecule has 3 nitrogen and oxygen atoms in total. The zero-order chi connectivity index (χ0) is 9.97. The minimum atomic E-state index is -0.331. The predicted molar refractivity (Wildman–Crippen MR) is 63.0 cm³/mol. The Hall–Kier alpha value is -1.16. The van der Waals surface area contributed by atoms with Crippen LogP contribution in [-0.2, 0) is 0 Å². The van der Waals surface area contributed by atoms with Crippen LogP contribution in [0.2, 0.25) is 0 Å². The van der Waals surface area contributed by atoms with Crippen molar-refractivity contribution in [3.8, 4) is 0 Å². The molecule has 2 aromatic rings. The Balaban J connectivity index is 0.00000112. The molecule has 0 saturated carbocycles. The van der Waals surface area contributed by atoms with Crippen molar-refractivity contribution in [2.24, 2.45) is 5.73 Å². The van der Waals surface area contributed by atoms with E-state index in [0.29, 0.717) is 0 Å². The zero-order valence-corrected chi connectivity index (χ0v) is 8.95. The van der Waals surface area contributed by atoms with Crippen molar-refractivity contribution < 1.29 is 5.11 Å². The van der Waals surface area contributed by atoms with Crippen LogP contribution in [0.4, 0.5) is 0 Å². The Morgan fingerprint density at radius 1 is 1.27 bits per heavy atom. The van der Waals surface area contributed by atoms with E-state index in [2.05, 4.69) is 4.98 Å². The maximum Gasteiger partial charge on any atom is 0.0705 e. The maximum absolute atomic E-state index is 9.00. The van der Waals surface area contributed by atoms with Gasteiger partial charge >= 0.3 is 0 Å². The smallest absolute Gasteiger partial charge is 0.0705 e. The van der Waals surface area contributed by atoms with Gasteiger partial charge in [0, 0.05) is 11.6 Å². The number of para-hydroxylation sites is 1. The second-order valence-electron chi connectivity index (χ2n) is 3.21. The molecule has 2 rings (SSSR count). The van der Waals surface area contributed by atoms with Gasteiger partial charge in [-0.05, 0) is 17.7 Å². The summed E-state index contributed by atoms with van der Waals surface area (Å²) in [4.78, 5) is 4.22. The molecule has 0 aliphatic heterocycles. The molecule has 0 radical (unpaired) electrons. The molecule has 15 heavy (non-hydrogen) atoms. The van der Waals surface area contributed by atoms with Crippen molar-refractivity contribution in [2.75, 3.05) is 6.61 Å². The normalized spacial score (nSPS) is 12.1. The first-order valence-electron chi connectivity index (χ1n) is 4.53. The molecule has 0 aliphatic carbocycles. The Morgan fingerprint density at radius 2 is 2.00 bits per heavy atom. The van der Waals surface area contributed by atoms with Gasteiger partial charge in [-0.25, -0.2) is 0 Å². The minimum Gasteiger partial charge on any atom is -0.394 e. The average Bonchev–Trinajstić information content (AvgIpc) is 2.27. The molecule has 80 valence electrons. The van der Waals surface area contributed by atoms with Gasteiger partial charge < -0.3 is 10.8 Å². The lowest BCUT2D eigenvalue weighted by atomic mass is 10.0. The first-order valence-corrected chi connectivity index (χ1v) is 4.53. The standard InChI is InChI=1S/C11H12N2O.ClH/c12-10(7-14)8-5-6-13-11-4-2-1-3-9(8)11;/h1-6,10,14H,7,12H2;1H/t10-;/m1./s1. The van der Waals surface area contributed by atoms with Crippen LogP contribution in [0.3, 0.4) is 0 Å². The molecule has 0 bridgehead atoms. The zero-order valence-electron chi connectivity index (χ0n) is 8.13. The van der Waals surface area contributed by atoms with Gasteiger partial charge in [-0.15, -0.1) is 12.4 Å². The predicted octanol–water partition coefficient (Wildman–Crippen LogP) is 1.65. The molecule has 3 N–H and O–H groups in total. The number of aromatic nitrogens is 1. The number of halogens is 1. The largest absolute Gasteiger partial charge is 0.394 e. The van der Waals surface area contributed by atoms with E-state index in [1.165, 1.54) is 0 Å². The highest BCUT2D eigenvalue weighted by atomic mass is 35.5. The van der Waals surface area contributed by atoms with E-state index in [1.807, 2.05) is 30.3 Å². The Kier molecular flexibility index (Phi) is 4.03. The first kappa shape index (κ1) is 11.9.